The van der Waals surface area contributed by atoms with Crippen LogP contribution in [0.5, 0.6) is 0 Å². The van der Waals surface area contributed by atoms with Crippen LogP contribution in [0.15, 0.2) is 62.9 Å². The minimum atomic E-state index is -0.143. The summed E-state index contributed by atoms with van der Waals surface area (Å²) in [4.78, 5) is 17.2. The van der Waals surface area contributed by atoms with Crippen molar-refractivity contribution in [2.24, 2.45) is 7.05 Å². The SMILES string of the molecule is Cc1ccc(-c2nnc(C(C)Sc3nc4ccccc4c(=O)n3C)o2)cc1. The van der Waals surface area contributed by atoms with Crippen molar-refractivity contribution in [3.8, 4) is 11.5 Å². The van der Waals surface area contributed by atoms with E-state index in [1.165, 1.54) is 17.3 Å². The zero-order valence-corrected chi connectivity index (χ0v) is 16.0. The van der Waals surface area contributed by atoms with E-state index in [4.69, 9.17) is 4.42 Å². The summed E-state index contributed by atoms with van der Waals surface area (Å²) in [6.45, 7) is 3.99. The van der Waals surface area contributed by atoms with Crippen LogP contribution in [-0.4, -0.2) is 19.7 Å². The topological polar surface area (TPSA) is 73.8 Å². The van der Waals surface area contributed by atoms with Crippen LogP contribution in [0.25, 0.3) is 22.4 Å². The first-order valence-corrected chi connectivity index (χ1v) is 9.44. The Morgan fingerprint density at radius 3 is 2.59 bits per heavy atom. The number of aryl methyl sites for hydroxylation is 1. The molecule has 0 aliphatic carbocycles. The fourth-order valence-corrected chi connectivity index (χ4v) is 3.63. The van der Waals surface area contributed by atoms with Crippen molar-refractivity contribution in [1.29, 1.82) is 0 Å². The second kappa shape index (κ2) is 7.00. The van der Waals surface area contributed by atoms with E-state index in [1.807, 2.05) is 56.3 Å². The monoisotopic (exact) mass is 378 g/mol. The minimum Gasteiger partial charge on any atom is -0.419 e. The summed E-state index contributed by atoms with van der Waals surface area (Å²) in [5.74, 6) is 0.982. The number of hydrogen-bond acceptors (Lipinski definition) is 6. The molecule has 2 aromatic heterocycles. The number of nitrogens with zero attached hydrogens (tertiary/aromatic N) is 4. The van der Waals surface area contributed by atoms with Gasteiger partial charge in [-0.25, -0.2) is 4.98 Å². The lowest BCUT2D eigenvalue weighted by atomic mass is 10.1. The molecule has 2 aromatic carbocycles. The molecule has 7 heteroatoms. The Bertz CT molecular complexity index is 1160. The van der Waals surface area contributed by atoms with Gasteiger partial charge in [-0.2, -0.15) is 0 Å². The van der Waals surface area contributed by atoms with Crippen LogP contribution in [0.1, 0.15) is 23.6 Å². The Morgan fingerprint density at radius 2 is 1.81 bits per heavy atom. The number of hydrogen-bond donors (Lipinski definition) is 0. The van der Waals surface area contributed by atoms with Gasteiger partial charge >= 0.3 is 0 Å². The first kappa shape index (κ1) is 17.5. The second-order valence-electron chi connectivity index (χ2n) is 6.35. The summed E-state index contributed by atoms with van der Waals surface area (Å²) in [7, 11) is 1.72. The van der Waals surface area contributed by atoms with Gasteiger partial charge in [0.1, 0.15) is 0 Å². The molecule has 136 valence electrons. The van der Waals surface area contributed by atoms with E-state index in [-0.39, 0.29) is 10.8 Å². The first-order chi connectivity index (χ1) is 13.0. The molecule has 4 aromatic rings. The Hall–Kier alpha value is -2.93. The van der Waals surface area contributed by atoms with Gasteiger partial charge in [-0.1, -0.05) is 41.6 Å². The van der Waals surface area contributed by atoms with Gasteiger partial charge < -0.3 is 4.42 Å². The number of thioether (sulfide) groups is 1. The summed E-state index contributed by atoms with van der Waals surface area (Å²) < 4.78 is 7.40. The molecule has 0 saturated carbocycles. The van der Waals surface area contributed by atoms with Crippen molar-refractivity contribution in [1.82, 2.24) is 19.7 Å². The average Bonchev–Trinajstić information content (AvgIpc) is 3.17. The van der Waals surface area contributed by atoms with E-state index in [2.05, 4.69) is 15.2 Å². The molecule has 0 saturated heterocycles. The Kier molecular flexibility index (Phi) is 4.53. The Labute approximate surface area is 160 Å². The van der Waals surface area contributed by atoms with Gasteiger partial charge in [0.05, 0.1) is 16.2 Å². The van der Waals surface area contributed by atoms with Crippen LogP contribution in [0.2, 0.25) is 0 Å². The molecule has 0 amide bonds. The lowest BCUT2D eigenvalue weighted by molar-refractivity contribution is 0.508. The van der Waals surface area contributed by atoms with Crippen molar-refractivity contribution >= 4 is 22.7 Å². The van der Waals surface area contributed by atoms with Gasteiger partial charge in [-0.05, 0) is 38.1 Å². The van der Waals surface area contributed by atoms with Crippen molar-refractivity contribution in [2.75, 3.05) is 0 Å². The third-order valence-electron chi connectivity index (χ3n) is 4.31. The molecule has 4 rings (SSSR count). The Morgan fingerprint density at radius 1 is 1.07 bits per heavy atom. The third-order valence-corrected chi connectivity index (χ3v) is 5.44. The summed E-state index contributed by atoms with van der Waals surface area (Å²) in [5.41, 5.74) is 2.67. The van der Waals surface area contributed by atoms with Crippen LogP contribution >= 0.6 is 11.8 Å². The molecular formula is C20H18N4O2S. The van der Waals surface area contributed by atoms with Crippen LogP contribution in [0.4, 0.5) is 0 Å². The predicted molar refractivity (Wildman–Crippen MR) is 106 cm³/mol. The summed E-state index contributed by atoms with van der Waals surface area (Å²) >= 11 is 1.42. The number of benzene rings is 2. The maximum Gasteiger partial charge on any atom is 0.261 e. The van der Waals surface area contributed by atoms with Crippen molar-refractivity contribution in [3.63, 3.8) is 0 Å². The zero-order chi connectivity index (χ0) is 19.0. The number of para-hydroxylation sites is 1. The van der Waals surface area contributed by atoms with E-state index >= 15 is 0 Å². The van der Waals surface area contributed by atoms with E-state index in [9.17, 15) is 4.79 Å². The van der Waals surface area contributed by atoms with E-state index in [0.29, 0.717) is 27.8 Å². The van der Waals surface area contributed by atoms with E-state index in [1.54, 1.807) is 17.7 Å². The van der Waals surface area contributed by atoms with Gasteiger partial charge in [-0.3, -0.25) is 9.36 Å². The maximum atomic E-state index is 12.5. The molecule has 27 heavy (non-hydrogen) atoms. The van der Waals surface area contributed by atoms with Gasteiger partial charge in [0.25, 0.3) is 5.56 Å². The molecule has 0 fully saturated rings. The van der Waals surface area contributed by atoms with Crippen molar-refractivity contribution in [2.45, 2.75) is 24.3 Å². The predicted octanol–water partition coefficient (Wildman–Crippen LogP) is 4.15. The van der Waals surface area contributed by atoms with Crippen LogP contribution in [0.3, 0.4) is 0 Å². The molecule has 0 bridgehead atoms. The molecule has 1 unspecified atom stereocenters. The second-order valence-corrected chi connectivity index (χ2v) is 7.66. The van der Waals surface area contributed by atoms with Crippen LogP contribution < -0.4 is 5.56 Å². The number of fused-ring (bicyclic) bond motifs is 1. The molecule has 1 atom stereocenters. The lowest BCUT2D eigenvalue weighted by Crippen LogP contribution is -2.20. The third kappa shape index (κ3) is 3.38. The standard InChI is InChI=1S/C20H18N4O2S/c1-12-8-10-14(11-9-12)18-23-22-17(26-18)13(2)27-20-21-16-7-5-4-6-15(16)19(25)24(20)3/h4-11,13H,1-3H3. The largest absolute Gasteiger partial charge is 0.419 e. The molecule has 2 heterocycles. The maximum absolute atomic E-state index is 12.5. The number of rotatable bonds is 4. The van der Waals surface area contributed by atoms with Crippen molar-refractivity contribution in [3.05, 3.63) is 70.3 Å². The molecule has 0 N–H and O–H groups in total. The summed E-state index contributed by atoms with van der Waals surface area (Å²) in [6.07, 6.45) is 0. The van der Waals surface area contributed by atoms with E-state index in [0.717, 1.165) is 5.56 Å². The highest BCUT2D eigenvalue weighted by atomic mass is 32.2. The highest BCUT2D eigenvalue weighted by molar-refractivity contribution is 7.99. The zero-order valence-electron chi connectivity index (χ0n) is 15.2. The van der Waals surface area contributed by atoms with Crippen LogP contribution in [-0.2, 0) is 7.05 Å². The highest BCUT2D eigenvalue weighted by Gasteiger charge is 2.19. The van der Waals surface area contributed by atoms with Crippen molar-refractivity contribution < 1.29 is 4.42 Å². The lowest BCUT2D eigenvalue weighted by Gasteiger charge is -2.11. The van der Waals surface area contributed by atoms with Gasteiger partial charge in [0.15, 0.2) is 5.16 Å². The van der Waals surface area contributed by atoms with Gasteiger partial charge in [0.2, 0.25) is 11.8 Å². The molecule has 0 radical (unpaired) electrons. The quantitative estimate of drug-likeness (QED) is 0.392. The minimum absolute atomic E-state index is 0.0684. The number of aromatic nitrogens is 4. The molecule has 0 aliphatic rings. The average molecular weight is 378 g/mol. The van der Waals surface area contributed by atoms with Crippen LogP contribution in [0, 0.1) is 6.92 Å². The molecule has 6 nitrogen and oxygen atoms in total. The summed E-state index contributed by atoms with van der Waals surface area (Å²) in [5, 5.41) is 9.40. The normalized spacial score (nSPS) is 12.4. The molecule has 0 aliphatic heterocycles. The Balaban J connectivity index is 1.62. The van der Waals surface area contributed by atoms with Gasteiger partial charge in [-0.15, -0.1) is 10.2 Å². The first-order valence-electron chi connectivity index (χ1n) is 8.56. The molecular weight excluding hydrogens is 360 g/mol. The van der Waals surface area contributed by atoms with E-state index < -0.39 is 0 Å². The summed E-state index contributed by atoms with van der Waals surface area (Å²) in [6, 6.07) is 15.3. The van der Waals surface area contributed by atoms with Gasteiger partial charge in [0, 0.05) is 12.6 Å². The fraction of sp³-hybridized carbons (Fsp3) is 0.200. The fourth-order valence-electron chi connectivity index (χ4n) is 2.72. The smallest absolute Gasteiger partial charge is 0.261 e. The molecule has 0 spiro atoms. The highest BCUT2D eigenvalue weighted by Crippen LogP contribution is 2.34.